The summed E-state index contributed by atoms with van der Waals surface area (Å²) in [5.41, 5.74) is -0.943. The Kier molecular flexibility index (Phi) is 3.90. The Labute approximate surface area is 93.7 Å². The maximum absolute atomic E-state index is 12.1. The molecule has 0 aliphatic rings. The normalized spacial score (nSPS) is 10.5. The van der Waals surface area contributed by atoms with Gasteiger partial charge in [-0.1, -0.05) is 5.92 Å². The minimum atomic E-state index is -4.44. The summed E-state index contributed by atoms with van der Waals surface area (Å²) in [5, 5.41) is 3.38. The first-order chi connectivity index (χ1) is 7.39. The van der Waals surface area contributed by atoms with E-state index in [1.54, 1.807) is 0 Å². The zero-order valence-corrected chi connectivity index (χ0v) is 9.00. The zero-order valence-electron chi connectivity index (χ0n) is 8.18. The molecule has 1 aromatic rings. The maximum Gasteiger partial charge on any atom is 0.434 e. The van der Waals surface area contributed by atoms with Gasteiger partial charge in [-0.2, -0.15) is 13.2 Å². The molecular formula is C9H7F3N2OS. The Hall–Kier alpha value is -1.55. The molecule has 86 valence electrons. The number of halogens is 3. The Morgan fingerprint density at radius 2 is 2.31 bits per heavy atom. The lowest BCUT2D eigenvalue weighted by molar-refractivity contribution is -0.140. The number of alkyl halides is 3. The second kappa shape index (κ2) is 4.99. The molecule has 0 aromatic carbocycles. The van der Waals surface area contributed by atoms with Crippen LogP contribution in [0.3, 0.4) is 0 Å². The third-order valence-corrected chi connectivity index (χ3v) is 2.17. The third-order valence-electron chi connectivity index (χ3n) is 1.42. The Morgan fingerprint density at radius 3 is 2.81 bits per heavy atom. The quantitative estimate of drug-likeness (QED) is 0.768. The summed E-state index contributed by atoms with van der Waals surface area (Å²) in [6.07, 6.45) is -4.44. The van der Waals surface area contributed by atoms with Crippen LogP contribution in [0.25, 0.3) is 0 Å². The fourth-order valence-electron chi connectivity index (χ4n) is 0.750. The van der Waals surface area contributed by atoms with E-state index in [1.807, 2.05) is 0 Å². The van der Waals surface area contributed by atoms with E-state index in [0.29, 0.717) is 0 Å². The van der Waals surface area contributed by atoms with Crippen molar-refractivity contribution in [2.75, 3.05) is 6.54 Å². The summed E-state index contributed by atoms with van der Waals surface area (Å²) in [5.74, 6) is 4.69. The van der Waals surface area contributed by atoms with Gasteiger partial charge in [0.15, 0.2) is 10.7 Å². The molecule has 0 bridgehead atoms. The van der Waals surface area contributed by atoms with Crippen LogP contribution in [0.4, 0.5) is 13.2 Å². The molecule has 0 saturated carbocycles. The van der Waals surface area contributed by atoms with Crippen LogP contribution in [0.5, 0.6) is 0 Å². The van der Waals surface area contributed by atoms with Crippen LogP contribution in [0.2, 0.25) is 0 Å². The molecule has 0 spiro atoms. The monoisotopic (exact) mass is 248 g/mol. The van der Waals surface area contributed by atoms with E-state index in [0.717, 1.165) is 16.7 Å². The number of aromatic nitrogens is 1. The molecular weight excluding hydrogens is 241 g/mol. The third kappa shape index (κ3) is 3.90. The lowest BCUT2D eigenvalue weighted by Gasteiger charge is -1.98. The zero-order chi connectivity index (χ0) is 12.2. The summed E-state index contributed by atoms with van der Waals surface area (Å²) in [6.45, 7) is 1.42. The second-order valence-corrected chi connectivity index (χ2v) is 3.61. The number of carbonyl (C=O) groups excluding carboxylic acids is 1. The van der Waals surface area contributed by atoms with Crippen molar-refractivity contribution in [3.05, 3.63) is 16.1 Å². The van der Waals surface area contributed by atoms with Gasteiger partial charge in [0.1, 0.15) is 0 Å². The summed E-state index contributed by atoms with van der Waals surface area (Å²) >= 11 is 0.818. The van der Waals surface area contributed by atoms with Gasteiger partial charge in [-0.3, -0.25) is 4.79 Å². The molecule has 0 aliphatic carbocycles. The Bertz CT molecular complexity index is 442. The molecule has 1 rings (SSSR count). The first-order valence-corrected chi connectivity index (χ1v) is 5.03. The summed E-state index contributed by atoms with van der Waals surface area (Å²) in [6, 6.07) is 0. The number of thiazole rings is 1. The van der Waals surface area contributed by atoms with Crippen molar-refractivity contribution in [1.29, 1.82) is 0 Å². The highest BCUT2D eigenvalue weighted by Crippen LogP contribution is 2.29. The largest absolute Gasteiger partial charge is 0.434 e. The highest BCUT2D eigenvalue weighted by molar-refractivity contribution is 7.10. The smallest absolute Gasteiger partial charge is 0.345 e. The van der Waals surface area contributed by atoms with Crippen molar-refractivity contribution in [2.24, 2.45) is 0 Å². The first-order valence-electron chi connectivity index (χ1n) is 4.15. The van der Waals surface area contributed by atoms with Crippen molar-refractivity contribution in [3.63, 3.8) is 0 Å². The maximum atomic E-state index is 12.1. The van der Waals surface area contributed by atoms with Crippen LogP contribution in [-0.2, 0) is 11.0 Å². The van der Waals surface area contributed by atoms with Gasteiger partial charge in [0, 0.05) is 12.3 Å². The SMILES string of the molecule is CC(=O)NCC#Cc1nc(C(F)(F)F)cs1. The number of rotatable bonds is 1. The van der Waals surface area contributed by atoms with Gasteiger partial charge in [0.25, 0.3) is 0 Å². The number of nitrogens with zero attached hydrogens (tertiary/aromatic N) is 1. The molecule has 0 unspecified atom stereocenters. The van der Waals surface area contributed by atoms with Crippen LogP contribution in [0, 0.1) is 11.8 Å². The van der Waals surface area contributed by atoms with E-state index in [2.05, 4.69) is 22.1 Å². The molecule has 1 N–H and O–H groups in total. The molecule has 7 heteroatoms. The van der Waals surface area contributed by atoms with Crippen molar-refractivity contribution in [3.8, 4) is 11.8 Å². The summed E-state index contributed by atoms with van der Waals surface area (Å²) < 4.78 is 36.4. The van der Waals surface area contributed by atoms with E-state index in [9.17, 15) is 18.0 Å². The molecule has 1 amide bonds. The molecule has 0 saturated heterocycles. The molecule has 1 aromatic heterocycles. The summed E-state index contributed by atoms with van der Waals surface area (Å²) in [7, 11) is 0. The van der Waals surface area contributed by atoms with Gasteiger partial charge in [-0.05, 0) is 5.92 Å². The van der Waals surface area contributed by atoms with Crippen molar-refractivity contribution >= 4 is 17.2 Å². The minimum Gasteiger partial charge on any atom is -0.345 e. The Balaban J connectivity index is 2.62. The van der Waals surface area contributed by atoms with Crippen LogP contribution in [-0.4, -0.2) is 17.4 Å². The number of nitrogens with one attached hydrogen (secondary N) is 1. The average Bonchev–Trinajstić information content (AvgIpc) is 2.59. The predicted molar refractivity (Wildman–Crippen MR) is 52.7 cm³/mol. The van der Waals surface area contributed by atoms with Crippen molar-refractivity contribution < 1.29 is 18.0 Å². The van der Waals surface area contributed by atoms with Gasteiger partial charge in [0.2, 0.25) is 5.91 Å². The van der Waals surface area contributed by atoms with Crippen molar-refractivity contribution in [2.45, 2.75) is 13.1 Å². The fourth-order valence-corrected chi connectivity index (χ4v) is 1.44. The van der Waals surface area contributed by atoms with Gasteiger partial charge < -0.3 is 5.32 Å². The van der Waals surface area contributed by atoms with Gasteiger partial charge >= 0.3 is 6.18 Å². The highest BCUT2D eigenvalue weighted by Gasteiger charge is 2.33. The van der Waals surface area contributed by atoms with Gasteiger partial charge in [-0.25, -0.2) is 4.98 Å². The molecule has 16 heavy (non-hydrogen) atoms. The molecule has 1 heterocycles. The molecule has 0 radical (unpaired) electrons. The number of hydrogen-bond donors (Lipinski definition) is 1. The minimum absolute atomic E-state index is 0.0812. The fraction of sp³-hybridized carbons (Fsp3) is 0.333. The second-order valence-electron chi connectivity index (χ2n) is 2.75. The molecule has 0 atom stereocenters. The number of hydrogen-bond acceptors (Lipinski definition) is 3. The molecule has 0 aliphatic heterocycles. The van der Waals surface area contributed by atoms with E-state index >= 15 is 0 Å². The van der Waals surface area contributed by atoms with Crippen LogP contribution < -0.4 is 5.32 Å². The predicted octanol–water partition coefficient (Wildman–Crippen LogP) is 1.65. The van der Waals surface area contributed by atoms with Crippen molar-refractivity contribution in [1.82, 2.24) is 10.3 Å². The van der Waals surface area contributed by atoms with E-state index in [4.69, 9.17) is 0 Å². The number of carbonyl (C=O) groups is 1. The highest BCUT2D eigenvalue weighted by atomic mass is 32.1. The standard InChI is InChI=1S/C9H7F3N2OS/c1-6(15)13-4-2-3-8-14-7(5-16-8)9(10,11)12/h5H,4H2,1H3,(H,13,15). The average molecular weight is 248 g/mol. The lowest BCUT2D eigenvalue weighted by Crippen LogP contribution is -2.19. The van der Waals surface area contributed by atoms with Crippen LogP contribution in [0.15, 0.2) is 5.38 Å². The van der Waals surface area contributed by atoms with Gasteiger partial charge in [-0.15, -0.1) is 11.3 Å². The lowest BCUT2D eigenvalue weighted by atomic mass is 10.5. The van der Waals surface area contributed by atoms with Crippen LogP contribution >= 0.6 is 11.3 Å². The van der Waals surface area contributed by atoms with Crippen LogP contribution in [0.1, 0.15) is 17.6 Å². The van der Waals surface area contributed by atoms with Gasteiger partial charge in [0.05, 0.1) is 6.54 Å². The topological polar surface area (TPSA) is 42.0 Å². The number of amides is 1. The Morgan fingerprint density at radius 1 is 1.62 bits per heavy atom. The van der Waals surface area contributed by atoms with E-state index < -0.39 is 11.9 Å². The first kappa shape index (κ1) is 12.5. The molecule has 3 nitrogen and oxygen atoms in total. The molecule has 0 fully saturated rings. The van der Waals surface area contributed by atoms with E-state index in [-0.39, 0.29) is 17.5 Å². The van der Waals surface area contributed by atoms with E-state index in [1.165, 1.54) is 6.92 Å². The summed E-state index contributed by atoms with van der Waals surface area (Å²) in [4.78, 5) is 13.8.